The maximum absolute atomic E-state index is 4.89. The maximum atomic E-state index is 4.89. The Labute approximate surface area is 203 Å². The molecule has 0 bridgehead atoms. The highest BCUT2D eigenvalue weighted by Gasteiger charge is 2.19. The molecule has 0 unspecified atom stereocenters. The first-order valence-electron chi connectivity index (χ1n) is 11.5. The van der Waals surface area contributed by atoms with Crippen LogP contribution in [-0.4, -0.2) is 30.0 Å². The summed E-state index contributed by atoms with van der Waals surface area (Å²) >= 11 is 0. The van der Waals surface area contributed by atoms with Crippen molar-refractivity contribution in [2.75, 3.05) is 0 Å². The molecule has 0 fully saturated rings. The fraction of sp³-hybridized carbons (Fsp3) is 0.0345. The van der Waals surface area contributed by atoms with E-state index < -0.39 is 0 Å². The molecule has 0 N–H and O–H groups in total. The average molecular weight is 455 g/mol. The first kappa shape index (κ1) is 20.7. The van der Waals surface area contributed by atoms with Crippen LogP contribution < -0.4 is 0 Å². The number of benzene rings is 4. The molecule has 0 radical (unpaired) electrons. The summed E-state index contributed by atoms with van der Waals surface area (Å²) in [7, 11) is 0. The second-order valence-corrected chi connectivity index (χ2v) is 8.16. The summed E-state index contributed by atoms with van der Waals surface area (Å²) in [6.45, 7) is 0.330. The summed E-state index contributed by atoms with van der Waals surface area (Å²) in [5.74, 6) is 0. The summed E-state index contributed by atoms with van der Waals surface area (Å²) in [6.07, 6.45) is 0. The lowest BCUT2D eigenvalue weighted by atomic mass is 10.0. The minimum atomic E-state index is 0.330. The number of hydrogen-bond donors (Lipinski definition) is 0. The van der Waals surface area contributed by atoms with Crippen LogP contribution in [-0.2, 0) is 6.67 Å². The maximum Gasteiger partial charge on any atom is 0.155 e. The zero-order valence-electron chi connectivity index (χ0n) is 18.9. The molecule has 4 aromatic carbocycles. The monoisotopic (exact) mass is 454 g/mol. The molecule has 0 aliphatic carbocycles. The lowest BCUT2D eigenvalue weighted by molar-refractivity contribution is 0.448. The lowest BCUT2D eigenvalue weighted by Gasteiger charge is -2.08. The van der Waals surface area contributed by atoms with E-state index in [0.29, 0.717) is 6.67 Å². The summed E-state index contributed by atoms with van der Waals surface area (Å²) in [6, 6.07) is 40.6. The van der Waals surface area contributed by atoms with Gasteiger partial charge in [0.25, 0.3) is 0 Å². The van der Waals surface area contributed by atoms with Crippen molar-refractivity contribution < 1.29 is 0 Å². The van der Waals surface area contributed by atoms with Crippen molar-refractivity contribution >= 4 is 0 Å². The molecular weight excluding hydrogens is 432 g/mol. The Bertz CT molecular complexity index is 1480. The van der Waals surface area contributed by atoms with Crippen LogP contribution in [0.4, 0.5) is 0 Å². The average Bonchev–Trinajstić information content (AvgIpc) is 3.55. The number of aromatic nitrogens is 6. The summed E-state index contributed by atoms with van der Waals surface area (Å²) in [4.78, 5) is 1.69. The first-order valence-corrected chi connectivity index (χ1v) is 11.5. The Kier molecular flexibility index (Phi) is 5.45. The molecule has 0 atom stereocenters. The van der Waals surface area contributed by atoms with Gasteiger partial charge in [0.05, 0.1) is 5.69 Å². The van der Waals surface area contributed by atoms with Crippen LogP contribution in [0.5, 0.6) is 0 Å². The van der Waals surface area contributed by atoms with E-state index in [1.807, 2.05) is 89.6 Å². The smallest absolute Gasteiger partial charge is 0.155 e. The van der Waals surface area contributed by atoms with Gasteiger partial charge in [0.15, 0.2) is 6.67 Å². The van der Waals surface area contributed by atoms with Crippen molar-refractivity contribution in [1.29, 1.82) is 0 Å². The Morgan fingerprint density at radius 3 is 1.31 bits per heavy atom. The Balaban J connectivity index is 1.46. The van der Waals surface area contributed by atoms with E-state index in [0.717, 1.165) is 45.0 Å². The van der Waals surface area contributed by atoms with Crippen LogP contribution in [0.3, 0.4) is 0 Å². The highest BCUT2D eigenvalue weighted by Crippen LogP contribution is 2.31. The topological polar surface area (TPSA) is 61.4 Å². The molecular formula is C29H22N6. The van der Waals surface area contributed by atoms with Gasteiger partial charge in [-0.1, -0.05) is 127 Å². The minimum absolute atomic E-state index is 0.330. The molecule has 2 heterocycles. The lowest BCUT2D eigenvalue weighted by Crippen LogP contribution is -2.14. The molecule has 2 aromatic heterocycles. The van der Waals surface area contributed by atoms with Crippen LogP contribution in [0.2, 0.25) is 0 Å². The molecule has 35 heavy (non-hydrogen) atoms. The van der Waals surface area contributed by atoms with Crippen molar-refractivity contribution in [1.82, 2.24) is 30.0 Å². The van der Waals surface area contributed by atoms with Crippen molar-refractivity contribution in [3.05, 3.63) is 121 Å². The summed E-state index contributed by atoms with van der Waals surface area (Å²) < 4.78 is 1.86. The molecule has 6 nitrogen and oxygen atoms in total. The van der Waals surface area contributed by atoms with Gasteiger partial charge >= 0.3 is 0 Å². The van der Waals surface area contributed by atoms with Gasteiger partial charge in [-0.2, -0.15) is 15.0 Å². The van der Waals surface area contributed by atoms with Crippen LogP contribution in [0.25, 0.3) is 45.0 Å². The van der Waals surface area contributed by atoms with Crippen molar-refractivity contribution in [3.63, 3.8) is 0 Å². The van der Waals surface area contributed by atoms with Gasteiger partial charge in [-0.25, -0.2) is 4.68 Å². The van der Waals surface area contributed by atoms with Crippen molar-refractivity contribution in [2.45, 2.75) is 6.67 Å². The van der Waals surface area contributed by atoms with E-state index in [2.05, 4.69) is 46.7 Å². The van der Waals surface area contributed by atoms with E-state index in [4.69, 9.17) is 10.2 Å². The SMILES string of the molecule is c1ccc(-c2nn(Cn3nnc(-c4ccccc4)c3-c3ccccc3)nc2-c2ccccc2)cc1. The molecule has 0 aliphatic rings. The van der Waals surface area contributed by atoms with Gasteiger partial charge in [0.1, 0.15) is 17.1 Å². The van der Waals surface area contributed by atoms with E-state index in [-0.39, 0.29) is 0 Å². The minimum Gasteiger partial charge on any atom is -0.220 e. The molecule has 0 saturated heterocycles. The Hall–Kier alpha value is -4.84. The van der Waals surface area contributed by atoms with Gasteiger partial charge < -0.3 is 0 Å². The highest BCUT2D eigenvalue weighted by molar-refractivity contribution is 5.78. The first-order chi connectivity index (χ1) is 17.4. The van der Waals surface area contributed by atoms with Gasteiger partial charge in [-0.3, -0.25) is 0 Å². The van der Waals surface area contributed by atoms with Crippen LogP contribution in [0, 0.1) is 0 Å². The third kappa shape index (κ3) is 4.13. The molecule has 6 rings (SSSR count). The zero-order valence-corrected chi connectivity index (χ0v) is 18.9. The van der Waals surface area contributed by atoms with Crippen LogP contribution >= 0.6 is 0 Å². The van der Waals surface area contributed by atoms with Crippen molar-refractivity contribution in [3.8, 4) is 45.0 Å². The van der Waals surface area contributed by atoms with Crippen LogP contribution in [0.1, 0.15) is 0 Å². The van der Waals surface area contributed by atoms with Gasteiger partial charge in [0, 0.05) is 22.3 Å². The van der Waals surface area contributed by atoms with E-state index in [9.17, 15) is 0 Å². The summed E-state index contributed by atoms with van der Waals surface area (Å²) in [5.41, 5.74) is 7.51. The van der Waals surface area contributed by atoms with Gasteiger partial charge in [-0.05, 0) is 0 Å². The molecule has 0 spiro atoms. The summed E-state index contributed by atoms with van der Waals surface area (Å²) in [5, 5.41) is 18.8. The fourth-order valence-corrected chi connectivity index (χ4v) is 4.20. The predicted molar refractivity (Wildman–Crippen MR) is 137 cm³/mol. The molecule has 0 amide bonds. The molecule has 168 valence electrons. The third-order valence-electron chi connectivity index (χ3n) is 5.84. The van der Waals surface area contributed by atoms with Gasteiger partial charge in [-0.15, -0.1) is 5.10 Å². The largest absolute Gasteiger partial charge is 0.220 e. The van der Waals surface area contributed by atoms with Crippen LogP contribution in [0.15, 0.2) is 121 Å². The molecule has 0 saturated carbocycles. The zero-order chi connectivity index (χ0) is 23.5. The predicted octanol–water partition coefficient (Wildman–Crippen LogP) is 6.04. The quantitative estimate of drug-likeness (QED) is 0.308. The molecule has 6 heteroatoms. The normalized spacial score (nSPS) is 11.0. The van der Waals surface area contributed by atoms with E-state index >= 15 is 0 Å². The molecule has 0 aliphatic heterocycles. The standard InChI is InChI=1S/C29H22N6/c1-5-13-22(14-6-1)26-27(23-15-7-2-8-16-23)32-35(31-26)21-34-29(25-19-11-4-12-20-25)28(30-33-34)24-17-9-3-10-18-24/h1-20H,21H2. The molecule has 6 aromatic rings. The third-order valence-corrected chi connectivity index (χ3v) is 5.84. The van der Waals surface area contributed by atoms with Crippen molar-refractivity contribution in [2.24, 2.45) is 0 Å². The fourth-order valence-electron chi connectivity index (χ4n) is 4.20. The van der Waals surface area contributed by atoms with E-state index in [1.165, 1.54) is 0 Å². The number of nitrogens with zero attached hydrogens (tertiary/aromatic N) is 6. The number of rotatable bonds is 6. The number of hydrogen-bond acceptors (Lipinski definition) is 4. The van der Waals surface area contributed by atoms with E-state index in [1.54, 1.807) is 4.80 Å². The Morgan fingerprint density at radius 1 is 0.457 bits per heavy atom. The second-order valence-electron chi connectivity index (χ2n) is 8.16. The second kappa shape index (κ2) is 9.19. The highest BCUT2D eigenvalue weighted by atomic mass is 15.6. The Morgan fingerprint density at radius 2 is 0.857 bits per heavy atom. The van der Waals surface area contributed by atoms with Gasteiger partial charge in [0.2, 0.25) is 0 Å².